The molecule has 0 spiro atoms. The zero-order valence-electron chi connectivity index (χ0n) is 10.4. The third-order valence-electron chi connectivity index (χ3n) is 2.58. The number of furan rings is 1. The van der Waals surface area contributed by atoms with Gasteiger partial charge in [-0.15, -0.1) is 0 Å². The summed E-state index contributed by atoms with van der Waals surface area (Å²) in [6.45, 7) is 0.895. The van der Waals surface area contributed by atoms with Crippen molar-refractivity contribution in [3.63, 3.8) is 0 Å². The maximum atomic E-state index is 13.7. The second-order valence-electron chi connectivity index (χ2n) is 4.04. The smallest absolute Gasteiger partial charge is 0.295 e. The summed E-state index contributed by atoms with van der Waals surface area (Å²) in [6.07, 6.45) is 0. The molecule has 1 heterocycles. The average Bonchev–Trinajstić information content (AvgIpc) is 2.89. The molecule has 1 aromatic carbocycles. The van der Waals surface area contributed by atoms with Crippen LogP contribution in [0, 0.1) is 18.6 Å². The summed E-state index contributed by atoms with van der Waals surface area (Å²) in [4.78, 5) is 0. The standard InChI is InChI=1S/C12H11F2NO4S/c1-7-2-4-9(13)12(11(7)14)15-20(17,18)10-5-3-8(6-16)19-10/h2-5,15-16H,6H2,1H3. The lowest BCUT2D eigenvalue weighted by Crippen LogP contribution is -2.15. The number of aliphatic hydroxyl groups excluding tert-OH is 1. The summed E-state index contributed by atoms with van der Waals surface area (Å²) in [5.74, 6) is -2.01. The van der Waals surface area contributed by atoms with E-state index in [1.54, 1.807) is 4.72 Å². The number of sulfonamides is 1. The van der Waals surface area contributed by atoms with Crippen LogP contribution in [0.25, 0.3) is 0 Å². The van der Waals surface area contributed by atoms with E-state index in [-0.39, 0.29) is 11.3 Å². The largest absolute Gasteiger partial charge is 0.445 e. The van der Waals surface area contributed by atoms with Crippen molar-refractivity contribution in [2.75, 3.05) is 4.72 Å². The Bertz CT molecular complexity index is 740. The summed E-state index contributed by atoms with van der Waals surface area (Å²) in [5, 5.41) is 8.26. The highest BCUT2D eigenvalue weighted by Crippen LogP contribution is 2.25. The first-order valence-electron chi connectivity index (χ1n) is 5.52. The fourth-order valence-corrected chi connectivity index (χ4v) is 2.54. The van der Waals surface area contributed by atoms with Crippen molar-refractivity contribution in [2.45, 2.75) is 18.6 Å². The first-order chi connectivity index (χ1) is 9.35. The van der Waals surface area contributed by atoms with E-state index in [0.717, 1.165) is 12.1 Å². The number of anilines is 1. The minimum Gasteiger partial charge on any atom is -0.445 e. The Morgan fingerprint density at radius 2 is 1.95 bits per heavy atom. The number of hydrogen-bond donors (Lipinski definition) is 2. The van der Waals surface area contributed by atoms with Crippen molar-refractivity contribution < 1.29 is 26.7 Å². The minimum absolute atomic E-state index is 0.0237. The SMILES string of the molecule is Cc1ccc(F)c(NS(=O)(=O)c2ccc(CO)o2)c1F. The Kier molecular flexibility index (Phi) is 3.78. The summed E-state index contributed by atoms with van der Waals surface area (Å²) in [7, 11) is -4.27. The van der Waals surface area contributed by atoms with Crippen LogP contribution in [0.15, 0.2) is 33.8 Å². The molecule has 8 heteroatoms. The van der Waals surface area contributed by atoms with Crippen LogP contribution in [0.3, 0.4) is 0 Å². The number of benzene rings is 1. The number of hydrogen-bond acceptors (Lipinski definition) is 4. The third-order valence-corrected chi connectivity index (χ3v) is 3.80. The molecule has 2 N–H and O–H groups in total. The van der Waals surface area contributed by atoms with E-state index < -0.39 is 39.0 Å². The van der Waals surface area contributed by atoms with Gasteiger partial charge in [0.15, 0.2) is 5.82 Å². The first-order valence-corrected chi connectivity index (χ1v) is 7.00. The van der Waals surface area contributed by atoms with Crippen molar-refractivity contribution in [3.05, 3.63) is 47.2 Å². The molecule has 2 aromatic rings. The van der Waals surface area contributed by atoms with Gasteiger partial charge in [0, 0.05) is 0 Å². The maximum absolute atomic E-state index is 13.7. The van der Waals surface area contributed by atoms with Crippen molar-refractivity contribution in [2.24, 2.45) is 0 Å². The van der Waals surface area contributed by atoms with Gasteiger partial charge < -0.3 is 9.52 Å². The van der Waals surface area contributed by atoms with Gasteiger partial charge in [-0.2, -0.15) is 8.42 Å². The molecule has 108 valence electrons. The lowest BCUT2D eigenvalue weighted by Gasteiger charge is -2.09. The molecule has 0 aliphatic rings. The monoisotopic (exact) mass is 303 g/mol. The zero-order chi connectivity index (χ0) is 14.9. The molecule has 0 saturated carbocycles. The van der Waals surface area contributed by atoms with Gasteiger partial charge in [0.2, 0.25) is 5.09 Å². The van der Waals surface area contributed by atoms with Crippen LogP contribution in [0.5, 0.6) is 0 Å². The lowest BCUT2D eigenvalue weighted by molar-refractivity contribution is 0.236. The highest BCUT2D eigenvalue weighted by atomic mass is 32.2. The van der Waals surface area contributed by atoms with Crippen molar-refractivity contribution in [1.29, 1.82) is 0 Å². The molecule has 5 nitrogen and oxygen atoms in total. The molecule has 0 amide bonds. The molecule has 0 fully saturated rings. The van der Waals surface area contributed by atoms with Gasteiger partial charge in [-0.3, -0.25) is 4.72 Å². The zero-order valence-corrected chi connectivity index (χ0v) is 11.2. The molecule has 0 radical (unpaired) electrons. The first kappa shape index (κ1) is 14.5. The number of rotatable bonds is 4. The van der Waals surface area contributed by atoms with Crippen LogP contribution in [0.2, 0.25) is 0 Å². The molecule has 0 unspecified atom stereocenters. The Morgan fingerprint density at radius 3 is 2.55 bits per heavy atom. The van der Waals surface area contributed by atoms with Gasteiger partial charge >= 0.3 is 0 Å². The normalized spacial score (nSPS) is 11.6. The predicted octanol–water partition coefficient (Wildman–Crippen LogP) is 2.16. The van der Waals surface area contributed by atoms with Gasteiger partial charge in [-0.05, 0) is 30.7 Å². The highest BCUT2D eigenvalue weighted by Gasteiger charge is 2.23. The quantitative estimate of drug-likeness (QED) is 0.907. The number of aryl methyl sites for hydroxylation is 1. The van der Waals surface area contributed by atoms with E-state index in [1.165, 1.54) is 19.1 Å². The van der Waals surface area contributed by atoms with Gasteiger partial charge in [0.05, 0.1) is 0 Å². The summed E-state index contributed by atoms with van der Waals surface area (Å²) in [5.41, 5.74) is -0.674. The summed E-state index contributed by atoms with van der Waals surface area (Å²) < 4.78 is 57.7. The van der Waals surface area contributed by atoms with E-state index in [0.29, 0.717) is 0 Å². The highest BCUT2D eigenvalue weighted by molar-refractivity contribution is 7.92. The van der Waals surface area contributed by atoms with Gasteiger partial charge in [0.1, 0.15) is 23.9 Å². The Hall–Kier alpha value is -1.93. The minimum atomic E-state index is -4.27. The molecule has 2 rings (SSSR count). The van der Waals surface area contributed by atoms with E-state index in [4.69, 9.17) is 9.52 Å². The van der Waals surface area contributed by atoms with Gasteiger partial charge in [0.25, 0.3) is 10.0 Å². The molecule has 20 heavy (non-hydrogen) atoms. The van der Waals surface area contributed by atoms with Crippen LogP contribution in [-0.4, -0.2) is 13.5 Å². The number of nitrogens with one attached hydrogen (secondary N) is 1. The summed E-state index contributed by atoms with van der Waals surface area (Å²) in [6, 6.07) is 4.48. The molecule has 0 atom stereocenters. The van der Waals surface area contributed by atoms with E-state index in [2.05, 4.69) is 0 Å². The Balaban J connectivity index is 2.41. The molecule has 0 aliphatic carbocycles. The van der Waals surface area contributed by atoms with Crippen LogP contribution in [0.1, 0.15) is 11.3 Å². The van der Waals surface area contributed by atoms with Gasteiger partial charge in [-0.25, -0.2) is 8.78 Å². The van der Waals surface area contributed by atoms with E-state index in [9.17, 15) is 17.2 Å². The predicted molar refractivity (Wildman–Crippen MR) is 66.5 cm³/mol. The third kappa shape index (κ3) is 2.66. The maximum Gasteiger partial charge on any atom is 0.295 e. The van der Waals surface area contributed by atoms with Crippen LogP contribution >= 0.6 is 0 Å². The average molecular weight is 303 g/mol. The number of aliphatic hydroxyl groups is 1. The second-order valence-corrected chi connectivity index (χ2v) is 5.65. The topological polar surface area (TPSA) is 79.5 Å². The molecule has 0 aliphatic heterocycles. The molecule has 0 saturated heterocycles. The Morgan fingerprint density at radius 1 is 1.25 bits per heavy atom. The van der Waals surface area contributed by atoms with Crippen LogP contribution < -0.4 is 4.72 Å². The fourth-order valence-electron chi connectivity index (χ4n) is 1.52. The van der Waals surface area contributed by atoms with Crippen molar-refractivity contribution >= 4 is 15.7 Å². The van der Waals surface area contributed by atoms with Crippen molar-refractivity contribution in [3.8, 4) is 0 Å². The van der Waals surface area contributed by atoms with Gasteiger partial charge in [-0.1, -0.05) is 6.07 Å². The second kappa shape index (κ2) is 5.22. The Labute approximate surface area is 113 Å². The molecular weight excluding hydrogens is 292 g/mol. The molecule has 1 aromatic heterocycles. The molecule has 0 bridgehead atoms. The fraction of sp³-hybridized carbons (Fsp3) is 0.167. The van der Waals surface area contributed by atoms with Crippen molar-refractivity contribution in [1.82, 2.24) is 0 Å². The van der Waals surface area contributed by atoms with E-state index in [1.807, 2.05) is 0 Å². The van der Waals surface area contributed by atoms with Crippen LogP contribution in [-0.2, 0) is 16.6 Å². The summed E-state index contributed by atoms with van der Waals surface area (Å²) >= 11 is 0. The molecular formula is C12H11F2NO4S. The van der Waals surface area contributed by atoms with E-state index >= 15 is 0 Å². The van der Waals surface area contributed by atoms with Crippen LogP contribution in [0.4, 0.5) is 14.5 Å². The lowest BCUT2D eigenvalue weighted by atomic mass is 10.2. The number of halogens is 2.